The second-order valence-corrected chi connectivity index (χ2v) is 8.63. The number of rotatable bonds is 6. The summed E-state index contributed by atoms with van der Waals surface area (Å²) in [6, 6.07) is 3.94. The van der Waals surface area contributed by atoms with Crippen LogP contribution in [-0.2, 0) is 17.0 Å². The van der Waals surface area contributed by atoms with E-state index in [0.29, 0.717) is 35.7 Å². The van der Waals surface area contributed by atoms with E-state index in [4.69, 9.17) is 25.8 Å². The smallest absolute Gasteiger partial charge is 0.228 e. The number of anilines is 1. The molecule has 7 nitrogen and oxygen atoms in total. The van der Waals surface area contributed by atoms with E-state index in [1.807, 2.05) is 12.1 Å². The molecule has 4 rings (SSSR count). The minimum Gasteiger partial charge on any atom is -0.486 e. The lowest BCUT2D eigenvalue weighted by Gasteiger charge is -2.28. The van der Waals surface area contributed by atoms with E-state index in [0.717, 1.165) is 55.3 Å². The molecule has 3 heterocycles. The topological polar surface area (TPSA) is 61.6 Å². The maximum atomic E-state index is 6.37. The molecule has 2 aromatic rings. The van der Waals surface area contributed by atoms with Crippen LogP contribution in [0.2, 0.25) is 5.02 Å². The van der Waals surface area contributed by atoms with Gasteiger partial charge in [-0.15, -0.1) is 10.2 Å². The molecule has 0 aliphatic carbocycles. The third kappa shape index (κ3) is 4.34. The quantitative estimate of drug-likeness (QED) is 0.657. The van der Waals surface area contributed by atoms with Gasteiger partial charge < -0.3 is 19.1 Å². The number of thioether (sulfide) groups is 1. The van der Waals surface area contributed by atoms with Gasteiger partial charge in [0, 0.05) is 25.4 Å². The monoisotopic (exact) mass is 424 g/mol. The summed E-state index contributed by atoms with van der Waals surface area (Å²) in [6.45, 7) is 9.52. The predicted octanol–water partition coefficient (Wildman–Crippen LogP) is 3.49. The summed E-state index contributed by atoms with van der Waals surface area (Å²) >= 11 is 8.03. The van der Waals surface area contributed by atoms with Crippen molar-refractivity contribution >= 4 is 29.3 Å². The third-order valence-electron chi connectivity index (χ3n) is 4.56. The Morgan fingerprint density at radius 3 is 2.68 bits per heavy atom. The number of fused-ring (bicyclic) bond motifs is 1. The highest BCUT2D eigenvalue weighted by Crippen LogP contribution is 2.39. The van der Waals surface area contributed by atoms with Gasteiger partial charge in [-0.05, 0) is 23.6 Å². The van der Waals surface area contributed by atoms with Crippen LogP contribution < -0.4 is 14.4 Å². The van der Waals surface area contributed by atoms with E-state index in [-0.39, 0.29) is 0 Å². The van der Waals surface area contributed by atoms with Gasteiger partial charge in [-0.2, -0.15) is 0 Å². The van der Waals surface area contributed by atoms with Crippen molar-refractivity contribution in [3.63, 3.8) is 0 Å². The average molecular weight is 425 g/mol. The maximum Gasteiger partial charge on any atom is 0.228 e. The Balaban J connectivity index is 1.53. The molecule has 152 valence electrons. The van der Waals surface area contributed by atoms with E-state index in [9.17, 15) is 0 Å². The Morgan fingerprint density at radius 1 is 1.11 bits per heavy atom. The lowest BCUT2D eigenvalue weighted by atomic mass is 10.2. The van der Waals surface area contributed by atoms with Crippen molar-refractivity contribution in [2.45, 2.75) is 31.3 Å². The van der Waals surface area contributed by atoms with Gasteiger partial charge in [-0.25, -0.2) is 0 Å². The molecule has 0 unspecified atom stereocenters. The number of halogens is 1. The first-order valence-corrected chi connectivity index (χ1v) is 10.9. The van der Waals surface area contributed by atoms with Crippen LogP contribution in [0.5, 0.6) is 11.5 Å². The Hall–Kier alpha value is -1.64. The lowest BCUT2D eigenvalue weighted by Crippen LogP contribution is -2.38. The molecule has 0 atom stereocenters. The average Bonchev–Trinajstić information content (AvgIpc) is 3.09. The zero-order valence-corrected chi connectivity index (χ0v) is 17.8. The molecule has 9 heteroatoms. The van der Waals surface area contributed by atoms with Crippen molar-refractivity contribution in [3.8, 4) is 11.5 Å². The third-order valence-corrected chi connectivity index (χ3v) is 5.88. The van der Waals surface area contributed by atoms with Crippen LogP contribution in [0.3, 0.4) is 0 Å². The number of nitrogens with zero attached hydrogens (tertiary/aromatic N) is 4. The Morgan fingerprint density at radius 2 is 1.89 bits per heavy atom. The minimum absolute atomic E-state index is 0.499. The first-order chi connectivity index (χ1) is 13.6. The second-order valence-electron chi connectivity index (χ2n) is 7.28. The fourth-order valence-corrected chi connectivity index (χ4v) is 4.47. The lowest BCUT2D eigenvalue weighted by molar-refractivity contribution is 0.121. The molecule has 28 heavy (non-hydrogen) atoms. The molecule has 2 aliphatic heterocycles. The second kappa shape index (κ2) is 8.80. The van der Waals surface area contributed by atoms with Crippen molar-refractivity contribution in [3.05, 3.63) is 22.7 Å². The molecule has 1 aromatic heterocycles. The molecule has 0 radical (unpaired) electrons. The number of hydrogen-bond donors (Lipinski definition) is 0. The van der Waals surface area contributed by atoms with E-state index in [1.54, 1.807) is 11.8 Å². The summed E-state index contributed by atoms with van der Waals surface area (Å²) < 4.78 is 19.0. The summed E-state index contributed by atoms with van der Waals surface area (Å²) in [6.07, 6.45) is 0. The fraction of sp³-hybridized carbons (Fsp3) is 0.579. The number of benzene rings is 1. The van der Waals surface area contributed by atoms with Gasteiger partial charge in [0.05, 0.1) is 18.2 Å². The molecule has 0 bridgehead atoms. The van der Waals surface area contributed by atoms with Gasteiger partial charge in [0.1, 0.15) is 13.2 Å². The van der Waals surface area contributed by atoms with Gasteiger partial charge >= 0.3 is 0 Å². The van der Waals surface area contributed by atoms with Crippen molar-refractivity contribution in [2.24, 2.45) is 5.92 Å². The molecular weight excluding hydrogens is 400 g/mol. The van der Waals surface area contributed by atoms with Gasteiger partial charge in [0.15, 0.2) is 16.7 Å². The first kappa shape index (κ1) is 19.7. The molecule has 1 fully saturated rings. The van der Waals surface area contributed by atoms with E-state index < -0.39 is 0 Å². The van der Waals surface area contributed by atoms with Gasteiger partial charge in [-0.3, -0.25) is 4.57 Å². The Bertz CT molecular complexity index is 824. The maximum absolute atomic E-state index is 6.37. The highest BCUT2D eigenvalue weighted by Gasteiger charge is 2.22. The summed E-state index contributed by atoms with van der Waals surface area (Å²) in [5, 5.41) is 10.5. The molecule has 0 N–H and O–H groups in total. The predicted molar refractivity (Wildman–Crippen MR) is 110 cm³/mol. The SMILES string of the molecule is CC(C)Cn1c(SCc2cc(Cl)c3c(c2)OCCO3)nnc1N1CCOCC1. The van der Waals surface area contributed by atoms with Crippen molar-refractivity contribution in [1.29, 1.82) is 0 Å². The van der Waals surface area contributed by atoms with Crippen LogP contribution in [-0.4, -0.2) is 54.3 Å². The Kier molecular flexibility index (Phi) is 6.18. The summed E-state index contributed by atoms with van der Waals surface area (Å²) in [5.74, 6) is 3.51. The van der Waals surface area contributed by atoms with E-state index in [2.05, 4.69) is 33.5 Å². The fourth-order valence-electron chi connectivity index (χ4n) is 3.31. The van der Waals surface area contributed by atoms with E-state index >= 15 is 0 Å². The first-order valence-electron chi connectivity index (χ1n) is 9.58. The van der Waals surface area contributed by atoms with Crippen LogP contribution >= 0.6 is 23.4 Å². The normalized spacial score (nSPS) is 16.6. The van der Waals surface area contributed by atoms with Crippen LogP contribution in [0, 0.1) is 5.92 Å². The van der Waals surface area contributed by atoms with E-state index in [1.165, 1.54) is 0 Å². The summed E-state index contributed by atoms with van der Waals surface area (Å²) in [4.78, 5) is 2.25. The zero-order chi connectivity index (χ0) is 19.5. The van der Waals surface area contributed by atoms with Crippen LogP contribution in [0.1, 0.15) is 19.4 Å². The highest BCUT2D eigenvalue weighted by molar-refractivity contribution is 7.98. The molecule has 0 amide bonds. The molecule has 1 saturated heterocycles. The molecule has 1 aromatic carbocycles. The zero-order valence-electron chi connectivity index (χ0n) is 16.2. The molecule has 0 spiro atoms. The van der Waals surface area contributed by atoms with Crippen LogP contribution in [0.15, 0.2) is 17.3 Å². The number of morpholine rings is 1. The van der Waals surface area contributed by atoms with Crippen molar-refractivity contribution in [2.75, 3.05) is 44.4 Å². The van der Waals surface area contributed by atoms with Gasteiger partial charge in [0.2, 0.25) is 5.95 Å². The molecule has 0 saturated carbocycles. The summed E-state index contributed by atoms with van der Waals surface area (Å²) in [5.41, 5.74) is 1.08. The standard InChI is InChI=1S/C19H25ClN4O3S/c1-13(2)11-24-18(23-3-5-25-6-4-23)21-22-19(24)28-12-14-9-15(20)17-16(10-14)26-7-8-27-17/h9-10,13H,3-8,11-12H2,1-2H3. The van der Waals surface area contributed by atoms with Gasteiger partial charge in [-0.1, -0.05) is 37.2 Å². The minimum atomic E-state index is 0.499. The van der Waals surface area contributed by atoms with Crippen LogP contribution in [0.4, 0.5) is 5.95 Å². The van der Waals surface area contributed by atoms with Crippen LogP contribution in [0.25, 0.3) is 0 Å². The molecule has 2 aliphatic rings. The number of hydrogen-bond acceptors (Lipinski definition) is 7. The number of aromatic nitrogens is 3. The van der Waals surface area contributed by atoms with Crippen molar-refractivity contribution < 1.29 is 14.2 Å². The highest BCUT2D eigenvalue weighted by atomic mass is 35.5. The largest absolute Gasteiger partial charge is 0.486 e. The summed E-state index contributed by atoms with van der Waals surface area (Å²) in [7, 11) is 0. The van der Waals surface area contributed by atoms with Gasteiger partial charge in [0.25, 0.3) is 0 Å². The number of ether oxygens (including phenoxy) is 3. The Labute approximate surface area is 174 Å². The molecular formula is C19H25ClN4O3S. The van der Waals surface area contributed by atoms with Crippen molar-refractivity contribution in [1.82, 2.24) is 14.8 Å².